The first-order valence-electron chi connectivity index (χ1n) is 12.5. The smallest absolute Gasteiger partial charge is 0.257 e. The van der Waals surface area contributed by atoms with Crippen molar-refractivity contribution in [1.29, 1.82) is 0 Å². The summed E-state index contributed by atoms with van der Waals surface area (Å²) in [4.78, 5) is 30.6. The minimum absolute atomic E-state index is 0.0490. The number of aromatic nitrogens is 5. The zero-order valence-electron chi connectivity index (χ0n) is 21.1. The quantitative estimate of drug-likeness (QED) is 0.420. The Hall–Kier alpha value is -4.01. The molecule has 5 rings (SSSR count). The number of hydrogen-bond acceptors (Lipinski definition) is 5. The van der Waals surface area contributed by atoms with E-state index in [1.165, 1.54) is 0 Å². The van der Waals surface area contributed by atoms with E-state index in [9.17, 15) is 9.59 Å². The van der Waals surface area contributed by atoms with Gasteiger partial charge in [0, 0.05) is 35.3 Å². The van der Waals surface area contributed by atoms with Crippen molar-refractivity contribution in [2.75, 3.05) is 11.9 Å². The third-order valence-electron chi connectivity index (χ3n) is 6.72. The molecule has 1 atom stereocenters. The molecule has 2 aromatic carbocycles. The van der Waals surface area contributed by atoms with Gasteiger partial charge >= 0.3 is 0 Å². The fourth-order valence-corrected chi connectivity index (χ4v) is 4.99. The molecule has 0 spiro atoms. The normalized spacial score (nSPS) is 17.0. The molecule has 0 aliphatic carbocycles. The molecule has 2 N–H and O–H groups in total. The summed E-state index contributed by atoms with van der Waals surface area (Å²) in [6.45, 7) is 8.91. The van der Waals surface area contributed by atoms with E-state index in [2.05, 4.69) is 50.7 Å². The number of nitrogens with one attached hydrogen (secondary N) is 2. The SMILES string of the molecule is Cc1nnc(-c2cccc3nc4n(c23)[C@@H](C)CCCCNC(=O)c2cccc(c2)C(=O)N4)n1C(C)C. The van der Waals surface area contributed by atoms with Crippen LogP contribution >= 0.6 is 0 Å². The predicted octanol–water partition coefficient (Wildman–Crippen LogP) is 4.91. The fourth-order valence-electron chi connectivity index (χ4n) is 4.99. The lowest BCUT2D eigenvalue weighted by Gasteiger charge is -2.20. The molecular formula is C27H31N7O2. The van der Waals surface area contributed by atoms with E-state index in [4.69, 9.17) is 4.98 Å². The number of imidazole rings is 1. The molecule has 0 radical (unpaired) electrons. The van der Waals surface area contributed by atoms with Crippen LogP contribution in [0.25, 0.3) is 22.4 Å². The minimum Gasteiger partial charge on any atom is -0.352 e. The van der Waals surface area contributed by atoms with Gasteiger partial charge in [-0.2, -0.15) is 0 Å². The van der Waals surface area contributed by atoms with Crippen LogP contribution in [-0.2, 0) is 0 Å². The Balaban J connectivity index is 1.68. The summed E-state index contributed by atoms with van der Waals surface area (Å²) in [6.07, 6.45) is 2.63. The van der Waals surface area contributed by atoms with Crippen molar-refractivity contribution < 1.29 is 9.59 Å². The average Bonchev–Trinajstić information content (AvgIpc) is 3.43. The highest BCUT2D eigenvalue weighted by Gasteiger charge is 2.24. The highest BCUT2D eigenvalue weighted by Crippen LogP contribution is 2.35. The molecule has 2 bridgehead atoms. The van der Waals surface area contributed by atoms with Crippen molar-refractivity contribution in [3.63, 3.8) is 0 Å². The maximum Gasteiger partial charge on any atom is 0.257 e. The second-order valence-corrected chi connectivity index (χ2v) is 9.65. The molecule has 2 amide bonds. The van der Waals surface area contributed by atoms with Crippen LogP contribution in [-0.4, -0.2) is 42.7 Å². The van der Waals surface area contributed by atoms with Gasteiger partial charge in [-0.1, -0.05) is 12.1 Å². The zero-order valence-corrected chi connectivity index (χ0v) is 21.1. The van der Waals surface area contributed by atoms with Crippen molar-refractivity contribution in [3.8, 4) is 11.4 Å². The summed E-state index contributed by atoms with van der Waals surface area (Å²) in [7, 11) is 0. The Kier molecular flexibility index (Phi) is 6.30. The monoisotopic (exact) mass is 485 g/mol. The molecule has 0 fully saturated rings. The molecule has 0 saturated carbocycles. The van der Waals surface area contributed by atoms with Crippen LogP contribution in [0.3, 0.4) is 0 Å². The molecule has 0 saturated heterocycles. The van der Waals surface area contributed by atoms with Gasteiger partial charge in [-0.05, 0) is 77.3 Å². The molecule has 36 heavy (non-hydrogen) atoms. The lowest BCUT2D eigenvalue weighted by Crippen LogP contribution is -2.25. The number of aryl methyl sites for hydroxylation is 1. The van der Waals surface area contributed by atoms with Crippen molar-refractivity contribution in [1.82, 2.24) is 29.6 Å². The fraction of sp³-hybridized carbons (Fsp3) is 0.370. The van der Waals surface area contributed by atoms with E-state index in [-0.39, 0.29) is 23.9 Å². The van der Waals surface area contributed by atoms with Gasteiger partial charge in [0.05, 0.1) is 11.0 Å². The largest absolute Gasteiger partial charge is 0.352 e. The minimum atomic E-state index is -0.312. The van der Waals surface area contributed by atoms with Crippen LogP contribution in [0.2, 0.25) is 0 Å². The van der Waals surface area contributed by atoms with Gasteiger partial charge in [0.25, 0.3) is 11.8 Å². The van der Waals surface area contributed by atoms with Gasteiger partial charge in [0.1, 0.15) is 5.82 Å². The molecule has 2 aromatic heterocycles. The molecule has 3 heterocycles. The number of fused-ring (bicyclic) bond motifs is 5. The predicted molar refractivity (Wildman–Crippen MR) is 139 cm³/mol. The van der Waals surface area contributed by atoms with Gasteiger partial charge in [0.15, 0.2) is 5.82 Å². The van der Waals surface area contributed by atoms with Gasteiger partial charge in [-0.25, -0.2) is 4.98 Å². The topological polar surface area (TPSA) is 107 Å². The second-order valence-electron chi connectivity index (χ2n) is 9.65. The standard InChI is InChI=1S/C27H31N7O2/c1-16(2)33-18(4)31-32-24(33)21-12-8-13-22-23(21)34-17(3)9-5-6-14-28-25(35)19-10-7-11-20(15-19)26(36)30-27(34)29-22/h7-8,10-13,15-17H,5-6,9,14H2,1-4H3,(H,28,35)(H,29,30,36)/t17-/m0/s1. The molecular weight excluding hydrogens is 454 g/mol. The summed E-state index contributed by atoms with van der Waals surface area (Å²) in [5.74, 6) is 1.63. The number of benzene rings is 2. The number of carbonyl (C=O) groups excluding carboxylic acids is 2. The number of anilines is 1. The summed E-state index contributed by atoms with van der Waals surface area (Å²) >= 11 is 0. The van der Waals surface area contributed by atoms with E-state index >= 15 is 0 Å². The van der Waals surface area contributed by atoms with Crippen LogP contribution in [0.4, 0.5) is 5.95 Å². The Morgan fingerprint density at radius 2 is 1.75 bits per heavy atom. The highest BCUT2D eigenvalue weighted by atomic mass is 16.2. The summed E-state index contributed by atoms with van der Waals surface area (Å²) in [5.41, 5.74) is 3.50. The molecule has 9 nitrogen and oxygen atoms in total. The van der Waals surface area contributed by atoms with Gasteiger partial charge in [-0.15, -0.1) is 10.2 Å². The van der Waals surface area contributed by atoms with Crippen molar-refractivity contribution in [3.05, 3.63) is 59.4 Å². The number of rotatable bonds is 2. The van der Waals surface area contributed by atoms with Crippen molar-refractivity contribution in [2.45, 2.75) is 59.0 Å². The molecule has 1 aliphatic heterocycles. The van der Waals surface area contributed by atoms with Gasteiger partial charge in [0.2, 0.25) is 5.95 Å². The Labute approximate surface area is 209 Å². The lowest BCUT2D eigenvalue weighted by atomic mass is 10.1. The number of carbonyl (C=O) groups is 2. The van der Waals surface area contributed by atoms with Gasteiger partial charge in [-0.3, -0.25) is 14.9 Å². The first-order chi connectivity index (χ1) is 17.3. The summed E-state index contributed by atoms with van der Waals surface area (Å²) < 4.78 is 4.24. The average molecular weight is 486 g/mol. The lowest BCUT2D eigenvalue weighted by molar-refractivity contribution is 0.0953. The van der Waals surface area contributed by atoms with E-state index in [1.807, 2.05) is 25.1 Å². The van der Waals surface area contributed by atoms with E-state index < -0.39 is 0 Å². The van der Waals surface area contributed by atoms with E-state index in [1.54, 1.807) is 24.3 Å². The zero-order chi connectivity index (χ0) is 25.4. The van der Waals surface area contributed by atoms with Crippen LogP contribution < -0.4 is 10.6 Å². The molecule has 186 valence electrons. The van der Waals surface area contributed by atoms with Crippen LogP contribution in [0, 0.1) is 6.92 Å². The maximum absolute atomic E-state index is 13.3. The Morgan fingerprint density at radius 3 is 2.53 bits per heavy atom. The summed E-state index contributed by atoms with van der Waals surface area (Å²) in [5, 5.41) is 14.8. The van der Waals surface area contributed by atoms with Crippen LogP contribution in [0.5, 0.6) is 0 Å². The van der Waals surface area contributed by atoms with Crippen LogP contribution in [0.15, 0.2) is 42.5 Å². The third-order valence-corrected chi connectivity index (χ3v) is 6.72. The molecule has 9 heteroatoms. The maximum atomic E-state index is 13.3. The first kappa shape index (κ1) is 23.7. The summed E-state index contributed by atoms with van der Waals surface area (Å²) in [6, 6.07) is 13.0. The molecule has 4 aromatic rings. The van der Waals surface area contributed by atoms with Crippen molar-refractivity contribution in [2.24, 2.45) is 0 Å². The second kappa shape index (κ2) is 9.56. The first-order valence-corrected chi connectivity index (χ1v) is 12.5. The molecule has 1 aliphatic rings. The van der Waals surface area contributed by atoms with Gasteiger partial charge < -0.3 is 14.5 Å². The number of para-hydroxylation sites is 1. The van der Waals surface area contributed by atoms with Crippen molar-refractivity contribution >= 4 is 28.8 Å². The number of hydrogen-bond donors (Lipinski definition) is 2. The Morgan fingerprint density at radius 1 is 1.00 bits per heavy atom. The van der Waals surface area contributed by atoms with Crippen LogP contribution in [0.1, 0.15) is 78.7 Å². The third kappa shape index (κ3) is 4.25. The Bertz CT molecular complexity index is 1450. The number of amides is 2. The molecule has 0 unspecified atom stereocenters. The highest BCUT2D eigenvalue weighted by molar-refractivity contribution is 6.06. The van der Waals surface area contributed by atoms with E-state index in [0.29, 0.717) is 23.6 Å². The van der Waals surface area contributed by atoms with E-state index in [0.717, 1.165) is 47.5 Å². The number of nitrogens with zero attached hydrogens (tertiary/aromatic N) is 5.